The van der Waals surface area contributed by atoms with E-state index in [1.165, 1.54) is 78.8 Å². The molecule has 0 heterocycles. The van der Waals surface area contributed by atoms with E-state index in [2.05, 4.69) is 86.7 Å². The van der Waals surface area contributed by atoms with Gasteiger partial charge in [0.2, 0.25) is 0 Å². The highest BCUT2D eigenvalue weighted by atomic mass is 14.3. The Labute approximate surface area is 183 Å². The molecule has 1 aliphatic rings. The van der Waals surface area contributed by atoms with E-state index in [9.17, 15) is 0 Å². The SMILES string of the molecule is C/C=C/c1ccc2cc(-c3ccc(C4CCC(CCCCC)CC4)cc3)ccc2c1. The van der Waals surface area contributed by atoms with Crippen LogP contribution < -0.4 is 0 Å². The van der Waals surface area contributed by atoms with Crippen LogP contribution in [0.15, 0.2) is 66.7 Å². The molecule has 30 heavy (non-hydrogen) atoms. The van der Waals surface area contributed by atoms with Crippen molar-refractivity contribution < 1.29 is 0 Å². The van der Waals surface area contributed by atoms with Crippen molar-refractivity contribution in [3.05, 3.63) is 77.9 Å². The van der Waals surface area contributed by atoms with Gasteiger partial charge in [-0.1, -0.05) is 93.3 Å². The highest BCUT2D eigenvalue weighted by molar-refractivity contribution is 5.89. The molecule has 3 aromatic rings. The Morgan fingerprint density at radius 1 is 0.767 bits per heavy atom. The van der Waals surface area contributed by atoms with Crippen molar-refractivity contribution in [3.8, 4) is 11.1 Å². The predicted octanol–water partition coefficient (Wildman–Crippen LogP) is 9.39. The Bertz CT molecular complexity index is 969. The van der Waals surface area contributed by atoms with E-state index in [-0.39, 0.29) is 0 Å². The van der Waals surface area contributed by atoms with E-state index in [4.69, 9.17) is 0 Å². The lowest BCUT2D eigenvalue weighted by Crippen LogP contribution is -2.13. The molecule has 0 aliphatic heterocycles. The first kappa shape index (κ1) is 20.9. The van der Waals surface area contributed by atoms with Crippen LogP contribution in [0.1, 0.15) is 82.3 Å². The molecule has 0 atom stereocenters. The van der Waals surface area contributed by atoms with Gasteiger partial charge >= 0.3 is 0 Å². The lowest BCUT2D eigenvalue weighted by molar-refractivity contribution is 0.303. The molecule has 0 amide bonds. The van der Waals surface area contributed by atoms with Gasteiger partial charge in [-0.25, -0.2) is 0 Å². The normalized spacial score (nSPS) is 19.5. The minimum Gasteiger partial charge on any atom is -0.0871 e. The fraction of sp³-hybridized carbons (Fsp3) is 0.400. The Hall–Kier alpha value is -2.34. The molecule has 0 radical (unpaired) electrons. The minimum atomic E-state index is 0.767. The number of rotatable bonds is 7. The quantitative estimate of drug-likeness (QED) is 0.349. The van der Waals surface area contributed by atoms with Gasteiger partial charge in [0, 0.05) is 0 Å². The molecule has 0 spiro atoms. The number of benzene rings is 3. The summed E-state index contributed by atoms with van der Waals surface area (Å²) in [5.74, 6) is 1.75. The van der Waals surface area contributed by atoms with Crippen molar-refractivity contribution in [1.82, 2.24) is 0 Å². The fourth-order valence-electron chi connectivity index (χ4n) is 5.16. The molecule has 0 heteroatoms. The topological polar surface area (TPSA) is 0 Å². The number of hydrogen-bond acceptors (Lipinski definition) is 0. The molecule has 3 aromatic carbocycles. The molecular formula is C30H36. The smallest absolute Gasteiger partial charge is 0.0162 e. The van der Waals surface area contributed by atoms with Gasteiger partial charge in [-0.2, -0.15) is 0 Å². The summed E-state index contributed by atoms with van der Waals surface area (Å²) in [4.78, 5) is 0. The lowest BCUT2D eigenvalue weighted by Gasteiger charge is -2.29. The molecule has 156 valence electrons. The molecular weight excluding hydrogens is 360 g/mol. The zero-order valence-electron chi connectivity index (χ0n) is 18.7. The number of unbranched alkanes of at least 4 members (excludes halogenated alkanes) is 2. The van der Waals surface area contributed by atoms with Crippen molar-refractivity contribution in [3.63, 3.8) is 0 Å². The Kier molecular flexibility index (Phi) is 7.05. The lowest BCUT2D eigenvalue weighted by atomic mass is 9.77. The summed E-state index contributed by atoms with van der Waals surface area (Å²) in [6.07, 6.45) is 15.5. The van der Waals surface area contributed by atoms with Crippen molar-refractivity contribution >= 4 is 16.8 Å². The molecule has 0 aromatic heterocycles. The minimum absolute atomic E-state index is 0.767. The molecule has 4 rings (SSSR count). The number of fused-ring (bicyclic) bond motifs is 1. The van der Waals surface area contributed by atoms with Crippen molar-refractivity contribution in [1.29, 1.82) is 0 Å². The summed E-state index contributed by atoms with van der Waals surface area (Å²) in [6.45, 7) is 4.37. The van der Waals surface area contributed by atoms with E-state index in [1.54, 1.807) is 5.56 Å². The zero-order valence-corrected chi connectivity index (χ0v) is 18.7. The molecule has 0 unspecified atom stereocenters. The van der Waals surface area contributed by atoms with E-state index in [0.29, 0.717) is 0 Å². The van der Waals surface area contributed by atoms with Crippen molar-refractivity contribution in [2.24, 2.45) is 5.92 Å². The van der Waals surface area contributed by atoms with Crippen LogP contribution in [0.5, 0.6) is 0 Å². The van der Waals surface area contributed by atoms with Crippen molar-refractivity contribution in [2.75, 3.05) is 0 Å². The van der Waals surface area contributed by atoms with Crippen LogP contribution in [0.2, 0.25) is 0 Å². The molecule has 0 nitrogen and oxygen atoms in total. The summed E-state index contributed by atoms with van der Waals surface area (Å²) in [5.41, 5.74) is 5.45. The highest BCUT2D eigenvalue weighted by Crippen LogP contribution is 2.38. The van der Waals surface area contributed by atoms with Gasteiger partial charge in [0.05, 0.1) is 0 Å². The van der Waals surface area contributed by atoms with Crippen LogP contribution in [0.4, 0.5) is 0 Å². The second-order valence-corrected chi connectivity index (χ2v) is 9.16. The molecule has 1 fully saturated rings. The first-order valence-corrected chi connectivity index (χ1v) is 12.0. The number of hydrogen-bond donors (Lipinski definition) is 0. The summed E-state index contributed by atoms with van der Waals surface area (Å²) < 4.78 is 0. The first-order valence-electron chi connectivity index (χ1n) is 12.0. The van der Waals surface area contributed by atoms with Crippen molar-refractivity contribution in [2.45, 2.75) is 71.1 Å². The van der Waals surface area contributed by atoms with Crippen LogP contribution in [-0.4, -0.2) is 0 Å². The second kappa shape index (κ2) is 10.1. The molecule has 0 bridgehead atoms. The van der Waals surface area contributed by atoms with Crippen LogP contribution in [0.25, 0.3) is 28.0 Å². The van der Waals surface area contributed by atoms with Crippen LogP contribution in [0, 0.1) is 5.92 Å². The van der Waals surface area contributed by atoms with Gasteiger partial charge < -0.3 is 0 Å². The van der Waals surface area contributed by atoms with Gasteiger partial charge in [0.25, 0.3) is 0 Å². The van der Waals surface area contributed by atoms with Gasteiger partial charge in [-0.3, -0.25) is 0 Å². The van der Waals surface area contributed by atoms with Gasteiger partial charge in [-0.15, -0.1) is 0 Å². The van der Waals surface area contributed by atoms with Gasteiger partial charge in [-0.05, 0) is 89.6 Å². The molecule has 1 saturated carbocycles. The molecule has 0 saturated heterocycles. The monoisotopic (exact) mass is 396 g/mol. The number of allylic oxidation sites excluding steroid dienone is 1. The molecule has 1 aliphatic carbocycles. The largest absolute Gasteiger partial charge is 0.0871 e. The van der Waals surface area contributed by atoms with E-state index >= 15 is 0 Å². The summed E-state index contributed by atoms with van der Waals surface area (Å²) >= 11 is 0. The fourth-order valence-corrected chi connectivity index (χ4v) is 5.16. The summed E-state index contributed by atoms with van der Waals surface area (Å²) in [5, 5.41) is 2.62. The highest BCUT2D eigenvalue weighted by Gasteiger charge is 2.22. The van der Waals surface area contributed by atoms with E-state index in [1.807, 2.05) is 0 Å². The summed E-state index contributed by atoms with van der Waals surface area (Å²) in [7, 11) is 0. The Morgan fingerprint density at radius 2 is 1.47 bits per heavy atom. The maximum atomic E-state index is 2.39. The van der Waals surface area contributed by atoms with Gasteiger partial charge in [0.15, 0.2) is 0 Å². The van der Waals surface area contributed by atoms with E-state index < -0.39 is 0 Å². The average Bonchev–Trinajstić information content (AvgIpc) is 2.80. The maximum Gasteiger partial charge on any atom is -0.0162 e. The van der Waals surface area contributed by atoms with Crippen LogP contribution >= 0.6 is 0 Å². The third-order valence-electron chi connectivity index (χ3n) is 7.00. The third kappa shape index (κ3) is 5.04. The zero-order chi connectivity index (χ0) is 20.8. The standard InChI is InChI=1S/C30H36/c1-3-5-6-8-23-9-12-25(13-10-23)26-15-17-27(18-16-26)29-20-19-28-21-24(7-4-2)11-14-30(28)22-29/h4,7,11,14-23,25H,3,5-6,8-10,12-13H2,1-2H3/b7-4+. The Morgan fingerprint density at radius 3 is 2.20 bits per heavy atom. The third-order valence-corrected chi connectivity index (χ3v) is 7.00. The average molecular weight is 397 g/mol. The second-order valence-electron chi connectivity index (χ2n) is 9.16. The van der Waals surface area contributed by atoms with Crippen LogP contribution in [0.3, 0.4) is 0 Å². The van der Waals surface area contributed by atoms with E-state index in [0.717, 1.165) is 11.8 Å². The van der Waals surface area contributed by atoms with Gasteiger partial charge in [0.1, 0.15) is 0 Å². The Balaban J connectivity index is 1.42. The predicted molar refractivity (Wildman–Crippen MR) is 133 cm³/mol. The molecule has 0 N–H and O–H groups in total. The first-order chi connectivity index (χ1) is 14.8. The van der Waals surface area contributed by atoms with Crippen LogP contribution in [-0.2, 0) is 0 Å². The maximum absolute atomic E-state index is 2.39. The summed E-state index contributed by atoms with van der Waals surface area (Å²) in [6, 6.07) is 23.0.